The summed E-state index contributed by atoms with van der Waals surface area (Å²) in [4.78, 5) is 23.2. The number of hydrogen-bond donors (Lipinski definition) is 3. The molecule has 0 heterocycles. The third kappa shape index (κ3) is 3.91. The van der Waals surface area contributed by atoms with Gasteiger partial charge in [-0.1, -0.05) is 12.1 Å². The minimum Gasteiger partial charge on any atom is -0.507 e. The van der Waals surface area contributed by atoms with Gasteiger partial charge in [0.15, 0.2) is 0 Å². The van der Waals surface area contributed by atoms with Gasteiger partial charge in [0.1, 0.15) is 17.5 Å². The normalized spacial score (nSPS) is 11.9. The van der Waals surface area contributed by atoms with E-state index in [2.05, 4.69) is 5.32 Å². The average molecular weight is 317 g/mol. The molecule has 6 heteroatoms. The van der Waals surface area contributed by atoms with Crippen LogP contribution in [0, 0.1) is 0 Å². The lowest BCUT2D eigenvalue weighted by atomic mass is 10.0. The first-order valence-corrected chi connectivity index (χ1v) is 7.29. The first kappa shape index (κ1) is 16.6. The molecule has 0 aromatic heterocycles. The fourth-order valence-electron chi connectivity index (χ4n) is 2.41. The summed E-state index contributed by atoms with van der Waals surface area (Å²) >= 11 is 0. The van der Waals surface area contributed by atoms with Gasteiger partial charge in [-0.05, 0) is 30.7 Å². The summed E-state index contributed by atoms with van der Waals surface area (Å²) in [6.45, 7) is 3.25. The van der Waals surface area contributed by atoms with Crippen molar-refractivity contribution in [1.82, 2.24) is 5.32 Å². The number of carbonyl (C=O) groups excluding carboxylic acids is 2. The second kappa shape index (κ2) is 7.00. The molecule has 6 nitrogen and oxygen atoms in total. The quantitative estimate of drug-likeness (QED) is 0.578. The molecule has 0 fully saturated rings. The van der Waals surface area contributed by atoms with Crippen molar-refractivity contribution in [2.75, 3.05) is 6.61 Å². The van der Waals surface area contributed by atoms with Crippen molar-refractivity contribution in [2.45, 2.75) is 26.3 Å². The largest absolute Gasteiger partial charge is 0.507 e. The summed E-state index contributed by atoms with van der Waals surface area (Å²) in [7, 11) is 0. The van der Waals surface area contributed by atoms with Gasteiger partial charge < -0.3 is 20.3 Å². The fourth-order valence-corrected chi connectivity index (χ4v) is 2.41. The number of rotatable bonds is 5. The van der Waals surface area contributed by atoms with Crippen LogP contribution in [0.15, 0.2) is 30.3 Å². The maximum atomic E-state index is 11.9. The maximum Gasteiger partial charge on any atom is 0.328 e. The Morgan fingerprint density at radius 1 is 1.13 bits per heavy atom. The van der Waals surface area contributed by atoms with Gasteiger partial charge >= 0.3 is 5.97 Å². The predicted molar refractivity (Wildman–Crippen MR) is 85.2 cm³/mol. The summed E-state index contributed by atoms with van der Waals surface area (Å²) in [5, 5.41) is 23.3. The van der Waals surface area contributed by atoms with Gasteiger partial charge in [0.05, 0.1) is 6.61 Å². The molecule has 0 radical (unpaired) electrons. The van der Waals surface area contributed by atoms with E-state index >= 15 is 0 Å². The fraction of sp³-hybridized carbons (Fsp3) is 0.294. The molecule has 1 unspecified atom stereocenters. The monoisotopic (exact) mass is 317 g/mol. The molecule has 3 N–H and O–H groups in total. The lowest BCUT2D eigenvalue weighted by Gasteiger charge is -2.17. The first-order chi connectivity index (χ1) is 10.9. The number of ether oxygens (including phenoxy) is 1. The number of aromatic hydroxyl groups is 2. The summed E-state index contributed by atoms with van der Waals surface area (Å²) in [6.07, 6.45) is 0.226. The minimum atomic E-state index is -0.802. The van der Waals surface area contributed by atoms with Gasteiger partial charge in [-0.25, -0.2) is 4.79 Å². The summed E-state index contributed by atoms with van der Waals surface area (Å²) < 4.78 is 4.96. The number of carbonyl (C=O) groups is 2. The van der Waals surface area contributed by atoms with Crippen LogP contribution in [0.1, 0.15) is 19.4 Å². The van der Waals surface area contributed by atoms with Crippen LogP contribution in [0.3, 0.4) is 0 Å². The zero-order valence-electron chi connectivity index (χ0n) is 13.0. The van der Waals surface area contributed by atoms with Crippen molar-refractivity contribution in [3.63, 3.8) is 0 Å². The van der Waals surface area contributed by atoms with Gasteiger partial charge in [-0.2, -0.15) is 0 Å². The van der Waals surface area contributed by atoms with E-state index in [0.717, 1.165) is 5.56 Å². The smallest absolute Gasteiger partial charge is 0.328 e. The number of phenols is 2. The zero-order valence-corrected chi connectivity index (χ0v) is 13.0. The summed E-state index contributed by atoms with van der Waals surface area (Å²) in [5.74, 6) is -0.743. The molecule has 2 rings (SSSR count). The average Bonchev–Trinajstić information content (AvgIpc) is 2.50. The van der Waals surface area contributed by atoms with Crippen LogP contribution in [-0.2, 0) is 20.7 Å². The molecule has 2 aromatic rings. The number of esters is 1. The predicted octanol–water partition coefficient (Wildman–Crippen LogP) is 1.86. The highest BCUT2D eigenvalue weighted by molar-refractivity contribution is 5.93. The Hall–Kier alpha value is -2.76. The summed E-state index contributed by atoms with van der Waals surface area (Å²) in [6, 6.07) is 7.09. The molecular weight excluding hydrogens is 298 g/mol. The van der Waals surface area contributed by atoms with Crippen molar-refractivity contribution < 1.29 is 24.5 Å². The molecule has 0 aliphatic heterocycles. The van der Waals surface area contributed by atoms with Crippen molar-refractivity contribution in [2.24, 2.45) is 0 Å². The Balaban J connectivity index is 2.32. The van der Waals surface area contributed by atoms with E-state index in [1.807, 2.05) is 0 Å². The number of hydrogen-bond acceptors (Lipinski definition) is 5. The lowest BCUT2D eigenvalue weighted by molar-refractivity contribution is -0.147. The Kier molecular flexibility index (Phi) is 5.05. The Labute approximate surface area is 133 Å². The molecule has 0 aliphatic rings. The van der Waals surface area contributed by atoms with Crippen LogP contribution >= 0.6 is 0 Å². The highest BCUT2D eigenvalue weighted by Crippen LogP contribution is 2.32. The zero-order chi connectivity index (χ0) is 17.0. The second-order valence-corrected chi connectivity index (χ2v) is 5.19. The maximum absolute atomic E-state index is 11.9. The van der Waals surface area contributed by atoms with E-state index < -0.39 is 12.0 Å². The molecule has 0 saturated carbocycles. The molecule has 23 heavy (non-hydrogen) atoms. The molecule has 0 aliphatic carbocycles. The van der Waals surface area contributed by atoms with Crippen molar-refractivity contribution in [1.29, 1.82) is 0 Å². The van der Waals surface area contributed by atoms with E-state index in [-0.39, 0.29) is 30.4 Å². The molecule has 1 atom stereocenters. The van der Waals surface area contributed by atoms with Crippen LogP contribution in [0.5, 0.6) is 11.5 Å². The molecule has 0 spiro atoms. The van der Waals surface area contributed by atoms with Crippen LogP contribution in [0.25, 0.3) is 10.8 Å². The van der Waals surface area contributed by atoms with E-state index in [4.69, 9.17) is 4.74 Å². The van der Waals surface area contributed by atoms with Crippen LogP contribution in [-0.4, -0.2) is 34.7 Å². The van der Waals surface area contributed by atoms with Crippen molar-refractivity contribution >= 4 is 22.6 Å². The summed E-state index contributed by atoms with van der Waals surface area (Å²) in [5.41, 5.74) is 0.727. The van der Waals surface area contributed by atoms with Gasteiger partial charge in [-0.3, -0.25) is 4.79 Å². The molecule has 122 valence electrons. The van der Waals surface area contributed by atoms with E-state index in [1.165, 1.54) is 19.1 Å². The number of amides is 1. The molecular formula is C17H19NO5. The van der Waals surface area contributed by atoms with Crippen LogP contribution in [0.2, 0.25) is 0 Å². The molecule has 2 aromatic carbocycles. The van der Waals surface area contributed by atoms with Crippen LogP contribution in [0.4, 0.5) is 0 Å². The minimum absolute atomic E-state index is 0.0341. The topological polar surface area (TPSA) is 95.9 Å². The standard InChI is InChI=1S/C17H19NO5/c1-3-23-17(22)14(18-10(2)19)9-11-4-5-12-13(8-11)16(21)7-6-15(12)20/h4-8,14,20-21H,3,9H2,1-2H3,(H,18,19). The number of benzene rings is 2. The van der Waals surface area contributed by atoms with Crippen molar-refractivity contribution in [3.05, 3.63) is 35.9 Å². The van der Waals surface area contributed by atoms with E-state index in [1.54, 1.807) is 25.1 Å². The number of nitrogens with one attached hydrogen (secondary N) is 1. The van der Waals surface area contributed by atoms with Gasteiger partial charge in [0.2, 0.25) is 5.91 Å². The number of phenolic OH excluding ortho intramolecular Hbond substituents is 2. The highest BCUT2D eigenvalue weighted by Gasteiger charge is 2.21. The van der Waals surface area contributed by atoms with E-state index in [9.17, 15) is 19.8 Å². The Morgan fingerprint density at radius 3 is 2.39 bits per heavy atom. The third-order valence-electron chi connectivity index (χ3n) is 3.42. The van der Waals surface area contributed by atoms with Gasteiger partial charge in [0, 0.05) is 24.1 Å². The second-order valence-electron chi connectivity index (χ2n) is 5.19. The molecule has 0 bridgehead atoms. The Bertz CT molecular complexity index is 741. The SMILES string of the molecule is CCOC(=O)C(Cc1ccc2c(O)ccc(O)c2c1)NC(C)=O. The van der Waals surface area contributed by atoms with Crippen LogP contribution < -0.4 is 5.32 Å². The highest BCUT2D eigenvalue weighted by atomic mass is 16.5. The lowest BCUT2D eigenvalue weighted by Crippen LogP contribution is -2.42. The van der Waals surface area contributed by atoms with Crippen molar-refractivity contribution in [3.8, 4) is 11.5 Å². The molecule has 1 amide bonds. The number of fused-ring (bicyclic) bond motifs is 1. The van der Waals surface area contributed by atoms with Gasteiger partial charge in [0.25, 0.3) is 0 Å². The molecule has 0 saturated heterocycles. The third-order valence-corrected chi connectivity index (χ3v) is 3.42. The Morgan fingerprint density at radius 2 is 1.78 bits per heavy atom. The van der Waals surface area contributed by atoms with E-state index in [0.29, 0.717) is 10.8 Å². The first-order valence-electron chi connectivity index (χ1n) is 7.29. The van der Waals surface area contributed by atoms with Gasteiger partial charge in [-0.15, -0.1) is 0 Å².